The van der Waals surface area contributed by atoms with E-state index < -0.39 is 5.60 Å². The lowest BCUT2D eigenvalue weighted by atomic mass is 9.97. The van der Waals surface area contributed by atoms with Crippen LogP contribution >= 0.6 is 0 Å². The van der Waals surface area contributed by atoms with Gasteiger partial charge in [-0.25, -0.2) is 0 Å². The second kappa shape index (κ2) is 6.85. The van der Waals surface area contributed by atoms with Crippen LogP contribution in [0.25, 0.3) is 0 Å². The van der Waals surface area contributed by atoms with Crippen LogP contribution in [-0.4, -0.2) is 65.3 Å². The normalized spacial score (nSPS) is 26.5. The van der Waals surface area contributed by atoms with Crippen LogP contribution in [0.1, 0.15) is 40.5 Å². The Morgan fingerprint density at radius 1 is 1.44 bits per heavy atom. The summed E-state index contributed by atoms with van der Waals surface area (Å²) in [5.41, 5.74) is 4.87. The molecular formula is C14H31N3O. The van der Waals surface area contributed by atoms with E-state index in [2.05, 4.69) is 30.6 Å². The van der Waals surface area contributed by atoms with Crippen molar-refractivity contribution in [1.29, 1.82) is 0 Å². The zero-order valence-electron chi connectivity index (χ0n) is 12.5. The van der Waals surface area contributed by atoms with Gasteiger partial charge in [0.1, 0.15) is 0 Å². The van der Waals surface area contributed by atoms with E-state index in [4.69, 9.17) is 5.73 Å². The Kier molecular flexibility index (Phi) is 6.05. The standard InChI is InChI=1S/C14H31N3O/c1-5-16(6-2)13-7-8-17(10-13)12(3)9-14(4,18)11-15/h12-13,18H,5-11,15H2,1-4H3. The highest BCUT2D eigenvalue weighted by molar-refractivity contribution is 4.88. The van der Waals surface area contributed by atoms with Crippen molar-refractivity contribution in [3.8, 4) is 0 Å². The molecule has 4 heteroatoms. The second-order valence-electron chi connectivity index (χ2n) is 5.91. The Bertz CT molecular complexity index is 241. The van der Waals surface area contributed by atoms with Gasteiger partial charge in [0.25, 0.3) is 0 Å². The van der Waals surface area contributed by atoms with Crippen LogP contribution in [0, 0.1) is 0 Å². The summed E-state index contributed by atoms with van der Waals surface area (Å²) in [5, 5.41) is 10.1. The van der Waals surface area contributed by atoms with Crippen molar-refractivity contribution in [2.75, 3.05) is 32.7 Å². The number of nitrogens with two attached hydrogens (primary N) is 1. The van der Waals surface area contributed by atoms with Crippen molar-refractivity contribution in [2.45, 2.75) is 58.2 Å². The van der Waals surface area contributed by atoms with Gasteiger partial charge >= 0.3 is 0 Å². The molecule has 0 aliphatic carbocycles. The van der Waals surface area contributed by atoms with Crippen LogP contribution in [0.15, 0.2) is 0 Å². The highest BCUT2D eigenvalue weighted by Crippen LogP contribution is 2.22. The minimum absolute atomic E-state index is 0.338. The summed E-state index contributed by atoms with van der Waals surface area (Å²) in [4.78, 5) is 5.03. The summed E-state index contributed by atoms with van der Waals surface area (Å²) in [6, 6.07) is 1.09. The molecule has 1 aliphatic heterocycles. The first-order chi connectivity index (χ1) is 8.43. The summed E-state index contributed by atoms with van der Waals surface area (Å²) in [6.07, 6.45) is 2.01. The molecule has 18 heavy (non-hydrogen) atoms. The van der Waals surface area contributed by atoms with Crippen LogP contribution in [0.3, 0.4) is 0 Å². The van der Waals surface area contributed by atoms with Crippen molar-refractivity contribution < 1.29 is 5.11 Å². The van der Waals surface area contributed by atoms with E-state index in [0.717, 1.165) is 32.6 Å². The number of likely N-dealkylation sites (N-methyl/N-ethyl adjacent to an activating group) is 1. The fraction of sp³-hybridized carbons (Fsp3) is 1.00. The van der Waals surface area contributed by atoms with Crippen LogP contribution in [0.2, 0.25) is 0 Å². The van der Waals surface area contributed by atoms with E-state index in [1.54, 1.807) is 0 Å². The number of hydrogen-bond acceptors (Lipinski definition) is 4. The minimum atomic E-state index is -0.729. The monoisotopic (exact) mass is 257 g/mol. The van der Waals surface area contributed by atoms with Gasteiger partial charge in [-0.3, -0.25) is 9.80 Å². The summed E-state index contributed by atoms with van der Waals surface area (Å²) < 4.78 is 0. The van der Waals surface area contributed by atoms with Gasteiger partial charge in [-0.15, -0.1) is 0 Å². The van der Waals surface area contributed by atoms with Gasteiger partial charge in [-0.2, -0.15) is 0 Å². The maximum Gasteiger partial charge on any atom is 0.0756 e. The molecule has 3 N–H and O–H groups in total. The largest absolute Gasteiger partial charge is 0.389 e. The zero-order chi connectivity index (χ0) is 13.8. The maximum atomic E-state index is 10.1. The van der Waals surface area contributed by atoms with E-state index in [-0.39, 0.29) is 0 Å². The quantitative estimate of drug-likeness (QED) is 0.711. The fourth-order valence-electron chi connectivity index (χ4n) is 3.06. The number of likely N-dealkylation sites (tertiary alicyclic amines) is 1. The third kappa shape index (κ3) is 4.19. The molecule has 1 rings (SSSR count). The van der Waals surface area contributed by atoms with Gasteiger partial charge in [0.2, 0.25) is 0 Å². The molecule has 3 atom stereocenters. The molecule has 0 aromatic heterocycles. The average Bonchev–Trinajstić information content (AvgIpc) is 2.80. The molecule has 0 amide bonds. The molecule has 0 bridgehead atoms. The van der Waals surface area contributed by atoms with Gasteiger partial charge < -0.3 is 10.8 Å². The van der Waals surface area contributed by atoms with Crippen molar-refractivity contribution >= 4 is 0 Å². The zero-order valence-corrected chi connectivity index (χ0v) is 12.5. The molecule has 0 radical (unpaired) electrons. The molecule has 1 fully saturated rings. The molecule has 4 nitrogen and oxygen atoms in total. The average molecular weight is 257 g/mol. The van der Waals surface area contributed by atoms with Crippen LogP contribution < -0.4 is 5.73 Å². The summed E-state index contributed by atoms with van der Waals surface area (Å²) in [6.45, 7) is 13.4. The highest BCUT2D eigenvalue weighted by atomic mass is 16.3. The SMILES string of the molecule is CCN(CC)C1CCN(C(C)CC(C)(O)CN)C1. The van der Waals surface area contributed by atoms with Crippen molar-refractivity contribution in [1.82, 2.24) is 9.80 Å². The Labute approximate surface area is 112 Å². The van der Waals surface area contributed by atoms with Gasteiger partial charge in [0, 0.05) is 31.7 Å². The number of rotatable bonds is 7. The van der Waals surface area contributed by atoms with Crippen LogP contribution in [-0.2, 0) is 0 Å². The van der Waals surface area contributed by atoms with Crippen molar-refractivity contribution in [3.05, 3.63) is 0 Å². The van der Waals surface area contributed by atoms with E-state index in [1.807, 2.05) is 6.92 Å². The molecule has 0 saturated carbocycles. The molecule has 0 aromatic carbocycles. The molecule has 1 heterocycles. The first kappa shape index (κ1) is 15.9. The number of hydrogen-bond donors (Lipinski definition) is 2. The predicted molar refractivity (Wildman–Crippen MR) is 76.7 cm³/mol. The summed E-state index contributed by atoms with van der Waals surface area (Å²) >= 11 is 0. The van der Waals surface area contributed by atoms with E-state index in [9.17, 15) is 5.11 Å². The Balaban J connectivity index is 2.46. The Hall–Kier alpha value is -0.160. The lowest BCUT2D eigenvalue weighted by Crippen LogP contribution is -2.44. The molecule has 1 aliphatic rings. The molecule has 0 aromatic rings. The first-order valence-electron chi connectivity index (χ1n) is 7.34. The third-order valence-corrected chi connectivity index (χ3v) is 4.32. The third-order valence-electron chi connectivity index (χ3n) is 4.32. The number of aliphatic hydroxyl groups is 1. The topological polar surface area (TPSA) is 52.7 Å². The van der Waals surface area contributed by atoms with Gasteiger partial charge in [-0.05, 0) is 39.8 Å². The Morgan fingerprint density at radius 3 is 2.56 bits per heavy atom. The first-order valence-corrected chi connectivity index (χ1v) is 7.34. The molecule has 108 valence electrons. The summed E-state index contributed by atoms with van der Waals surface area (Å²) in [7, 11) is 0. The van der Waals surface area contributed by atoms with E-state index in [0.29, 0.717) is 18.6 Å². The lowest BCUT2D eigenvalue weighted by molar-refractivity contribution is 0.0318. The van der Waals surface area contributed by atoms with E-state index >= 15 is 0 Å². The Morgan fingerprint density at radius 2 is 2.06 bits per heavy atom. The maximum absolute atomic E-state index is 10.1. The van der Waals surface area contributed by atoms with E-state index in [1.165, 1.54) is 6.42 Å². The van der Waals surface area contributed by atoms with Gasteiger partial charge in [0.15, 0.2) is 0 Å². The fourth-order valence-corrected chi connectivity index (χ4v) is 3.06. The van der Waals surface area contributed by atoms with Crippen molar-refractivity contribution in [3.63, 3.8) is 0 Å². The van der Waals surface area contributed by atoms with Gasteiger partial charge in [-0.1, -0.05) is 13.8 Å². The molecule has 0 spiro atoms. The van der Waals surface area contributed by atoms with Crippen molar-refractivity contribution in [2.24, 2.45) is 5.73 Å². The molecule has 3 unspecified atom stereocenters. The second-order valence-corrected chi connectivity index (χ2v) is 5.91. The van der Waals surface area contributed by atoms with Gasteiger partial charge in [0.05, 0.1) is 5.60 Å². The molecule has 1 saturated heterocycles. The summed E-state index contributed by atoms with van der Waals surface area (Å²) in [5.74, 6) is 0. The van der Waals surface area contributed by atoms with Crippen LogP contribution in [0.5, 0.6) is 0 Å². The number of nitrogens with zero attached hydrogens (tertiary/aromatic N) is 2. The minimum Gasteiger partial charge on any atom is -0.389 e. The predicted octanol–water partition coefficient (Wildman–Crippen LogP) is 0.891. The van der Waals surface area contributed by atoms with Crippen LogP contribution in [0.4, 0.5) is 0 Å². The smallest absolute Gasteiger partial charge is 0.0756 e. The lowest BCUT2D eigenvalue weighted by Gasteiger charge is -2.32. The highest BCUT2D eigenvalue weighted by Gasteiger charge is 2.31. The molecular weight excluding hydrogens is 226 g/mol.